The summed E-state index contributed by atoms with van der Waals surface area (Å²) < 4.78 is 0. The molecule has 1 aromatic carbocycles. The van der Waals surface area contributed by atoms with E-state index in [1.807, 2.05) is 25.2 Å². The Balaban J connectivity index is 1.85. The van der Waals surface area contributed by atoms with Crippen LogP contribution in [0.2, 0.25) is 5.02 Å². The minimum absolute atomic E-state index is 0.328. The maximum absolute atomic E-state index is 13.4. The number of benzene rings is 1. The minimum atomic E-state index is -0.352. The van der Waals surface area contributed by atoms with Gasteiger partial charge in [-0.2, -0.15) is 0 Å². The normalized spacial score (nSPS) is 22.1. The lowest BCUT2D eigenvalue weighted by Crippen LogP contribution is -2.52. The maximum Gasteiger partial charge on any atom is 0.233 e. The van der Waals surface area contributed by atoms with Crippen molar-refractivity contribution in [1.29, 1.82) is 0 Å². The number of hydrogen-bond donors (Lipinski definition) is 1. The van der Waals surface area contributed by atoms with Crippen LogP contribution in [0.4, 0.5) is 0 Å². The van der Waals surface area contributed by atoms with Crippen LogP contribution >= 0.6 is 11.6 Å². The van der Waals surface area contributed by atoms with Gasteiger partial charge in [-0.1, -0.05) is 43.0 Å². The number of carbonyl (C=O) groups excluding carboxylic acids is 1. The summed E-state index contributed by atoms with van der Waals surface area (Å²) >= 11 is 6.22. The second-order valence-corrected chi connectivity index (χ2v) is 7.44. The predicted molar refractivity (Wildman–Crippen MR) is 94.9 cm³/mol. The molecule has 1 N–H and O–H groups in total. The van der Waals surface area contributed by atoms with Crippen LogP contribution in [-0.4, -0.2) is 37.0 Å². The fourth-order valence-corrected chi connectivity index (χ4v) is 4.43. The molecule has 0 aromatic heterocycles. The zero-order chi connectivity index (χ0) is 16.3. The van der Waals surface area contributed by atoms with Crippen LogP contribution in [0.5, 0.6) is 0 Å². The summed E-state index contributed by atoms with van der Waals surface area (Å²) in [7, 11) is 2.01. The summed E-state index contributed by atoms with van der Waals surface area (Å²) in [6, 6.07) is 8.52. The van der Waals surface area contributed by atoms with Gasteiger partial charge in [-0.05, 0) is 50.4 Å². The van der Waals surface area contributed by atoms with Gasteiger partial charge < -0.3 is 10.2 Å². The zero-order valence-corrected chi connectivity index (χ0v) is 14.7. The van der Waals surface area contributed by atoms with Gasteiger partial charge in [-0.15, -0.1) is 0 Å². The zero-order valence-electron chi connectivity index (χ0n) is 14.0. The first-order valence-corrected chi connectivity index (χ1v) is 9.26. The number of hydrogen-bond acceptors (Lipinski definition) is 2. The smallest absolute Gasteiger partial charge is 0.233 e. The van der Waals surface area contributed by atoms with Crippen molar-refractivity contribution in [3.63, 3.8) is 0 Å². The van der Waals surface area contributed by atoms with Gasteiger partial charge in [0, 0.05) is 24.2 Å². The van der Waals surface area contributed by atoms with Gasteiger partial charge in [0.15, 0.2) is 0 Å². The van der Waals surface area contributed by atoms with E-state index in [-0.39, 0.29) is 5.41 Å². The summed E-state index contributed by atoms with van der Waals surface area (Å²) in [6.45, 7) is 1.74. The summed E-state index contributed by atoms with van der Waals surface area (Å²) in [5.74, 6) is 0.328. The Morgan fingerprint density at radius 2 is 1.91 bits per heavy atom. The Hall–Kier alpha value is -1.06. The van der Waals surface area contributed by atoms with E-state index in [4.69, 9.17) is 11.6 Å². The third-order valence-electron chi connectivity index (χ3n) is 5.68. The molecular formula is C19H27ClN2O. The van der Waals surface area contributed by atoms with Gasteiger partial charge in [0.1, 0.15) is 0 Å². The van der Waals surface area contributed by atoms with Gasteiger partial charge in [-0.25, -0.2) is 0 Å². The molecule has 126 valence electrons. The number of nitrogens with one attached hydrogen (secondary N) is 1. The lowest BCUT2D eigenvalue weighted by molar-refractivity contribution is -0.140. The summed E-state index contributed by atoms with van der Waals surface area (Å²) in [4.78, 5) is 15.5. The van der Waals surface area contributed by atoms with E-state index in [1.165, 1.54) is 6.42 Å². The quantitative estimate of drug-likeness (QED) is 0.913. The Bertz CT molecular complexity index is 546. The van der Waals surface area contributed by atoms with Gasteiger partial charge >= 0.3 is 0 Å². The van der Waals surface area contributed by atoms with E-state index in [0.29, 0.717) is 11.9 Å². The van der Waals surface area contributed by atoms with E-state index in [9.17, 15) is 4.79 Å². The lowest BCUT2D eigenvalue weighted by atomic mass is 9.68. The van der Waals surface area contributed by atoms with Crippen molar-refractivity contribution < 1.29 is 4.79 Å². The SMILES string of the molecule is CNC1CCN(C(=O)C2(c3cccc(Cl)c3)CCCCC2)CC1. The molecule has 1 heterocycles. The van der Waals surface area contributed by atoms with E-state index < -0.39 is 0 Å². The third-order valence-corrected chi connectivity index (χ3v) is 5.92. The number of likely N-dealkylation sites (tertiary alicyclic amines) is 1. The Morgan fingerprint density at radius 3 is 2.52 bits per heavy atom. The van der Waals surface area contributed by atoms with E-state index in [0.717, 1.165) is 62.2 Å². The molecule has 3 nitrogen and oxygen atoms in total. The monoisotopic (exact) mass is 334 g/mol. The largest absolute Gasteiger partial charge is 0.342 e. The topological polar surface area (TPSA) is 32.3 Å². The summed E-state index contributed by atoms with van der Waals surface area (Å²) in [6.07, 6.45) is 7.51. The van der Waals surface area contributed by atoms with Crippen LogP contribution in [0.3, 0.4) is 0 Å². The molecule has 4 heteroatoms. The molecule has 1 saturated carbocycles. The van der Waals surface area contributed by atoms with Crippen molar-refractivity contribution in [2.75, 3.05) is 20.1 Å². The van der Waals surface area contributed by atoms with Crippen LogP contribution in [0.25, 0.3) is 0 Å². The second kappa shape index (κ2) is 7.23. The number of piperidine rings is 1. The highest BCUT2D eigenvalue weighted by molar-refractivity contribution is 6.30. The van der Waals surface area contributed by atoms with Crippen molar-refractivity contribution in [2.24, 2.45) is 0 Å². The molecule has 23 heavy (non-hydrogen) atoms. The van der Waals surface area contributed by atoms with Gasteiger partial charge in [0.25, 0.3) is 0 Å². The lowest BCUT2D eigenvalue weighted by Gasteiger charge is -2.42. The maximum atomic E-state index is 13.4. The van der Waals surface area contributed by atoms with Crippen LogP contribution in [0.15, 0.2) is 24.3 Å². The molecule has 1 aliphatic carbocycles. The number of nitrogens with zero attached hydrogens (tertiary/aromatic N) is 1. The Kier molecular flexibility index (Phi) is 5.27. The minimum Gasteiger partial charge on any atom is -0.342 e. The van der Waals surface area contributed by atoms with Crippen LogP contribution in [0, 0.1) is 0 Å². The van der Waals surface area contributed by atoms with Crippen molar-refractivity contribution in [1.82, 2.24) is 10.2 Å². The Morgan fingerprint density at radius 1 is 1.22 bits per heavy atom. The van der Waals surface area contributed by atoms with Crippen molar-refractivity contribution in [2.45, 2.75) is 56.4 Å². The van der Waals surface area contributed by atoms with E-state index >= 15 is 0 Å². The standard InChI is InChI=1S/C19H27ClN2O/c1-21-17-8-12-22(13-9-17)18(23)19(10-3-2-4-11-19)15-6-5-7-16(20)14-15/h5-7,14,17,21H,2-4,8-13H2,1H3. The molecule has 1 amide bonds. The second-order valence-electron chi connectivity index (χ2n) is 7.01. The molecule has 0 radical (unpaired) electrons. The molecular weight excluding hydrogens is 308 g/mol. The fraction of sp³-hybridized carbons (Fsp3) is 0.632. The average molecular weight is 335 g/mol. The molecule has 0 unspecified atom stereocenters. The first kappa shape index (κ1) is 16.8. The molecule has 1 saturated heterocycles. The molecule has 0 bridgehead atoms. The molecule has 1 aliphatic heterocycles. The first-order chi connectivity index (χ1) is 11.2. The number of halogens is 1. The van der Waals surface area contributed by atoms with Crippen molar-refractivity contribution in [3.8, 4) is 0 Å². The molecule has 1 aromatic rings. The predicted octanol–water partition coefficient (Wildman–Crippen LogP) is 3.75. The number of rotatable bonds is 3. The highest BCUT2D eigenvalue weighted by Gasteiger charge is 2.44. The number of carbonyl (C=O) groups is 1. The third kappa shape index (κ3) is 3.41. The van der Waals surface area contributed by atoms with Crippen LogP contribution in [0.1, 0.15) is 50.5 Å². The van der Waals surface area contributed by atoms with Crippen LogP contribution in [-0.2, 0) is 10.2 Å². The van der Waals surface area contributed by atoms with Crippen LogP contribution < -0.4 is 5.32 Å². The average Bonchev–Trinajstić information content (AvgIpc) is 2.62. The summed E-state index contributed by atoms with van der Waals surface area (Å²) in [5.41, 5.74) is 0.765. The van der Waals surface area contributed by atoms with Gasteiger partial charge in [0.2, 0.25) is 5.91 Å². The van der Waals surface area contributed by atoms with E-state index in [1.54, 1.807) is 0 Å². The van der Waals surface area contributed by atoms with Crippen molar-refractivity contribution in [3.05, 3.63) is 34.9 Å². The van der Waals surface area contributed by atoms with E-state index in [2.05, 4.69) is 16.3 Å². The molecule has 0 atom stereocenters. The molecule has 2 fully saturated rings. The Labute approximate surface area is 144 Å². The first-order valence-electron chi connectivity index (χ1n) is 8.88. The highest BCUT2D eigenvalue weighted by Crippen LogP contribution is 2.42. The molecule has 3 rings (SSSR count). The van der Waals surface area contributed by atoms with Gasteiger partial charge in [-0.3, -0.25) is 4.79 Å². The molecule has 0 spiro atoms. The van der Waals surface area contributed by atoms with Gasteiger partial charge in [0.05, 0.1) is 5.41 Å². The molecule has 2 aliphatic rings. The summed E-state index contributed by atoms with van der Waals surface area (Å²) in [5, 5.41) is 4.07. The van der Waals surface area contributed by atoms with Crippen molar-refractivity contribution >= 4 is 17.5 Å². The number of amides is 1. The highest BCUT2D eigenvalue weighted by atomic mass is 35.5. The fourth-order valence-electron chi connectivity index (χ4n) is 4.24.